The van der Waals surface area contributed by atoms with Crippen LogP contribution in [-0.2, 0) is 54.9 Å². The normalized spacial score (nSPS) is 22.3. The molecule has 7 heteroatoms. The SMILES string of the molecule is O=C(O)[C@H]1O[C@H](OCc2ccccc2)[C@H](OCc2ccccc2)[C@@H](OCc2ccccc2)[C@@H]1OCc1ccccc1. The van der Waals surface area contributed by atoms with Crippen LogP contribution in [0.5, 0.6) is 0 Å². The van der Waals surface area contributed by atoms with E-state index in [0.717, 1.165) is 22.3 Å². The van der Waals surface area contributed by atoms with Gasteiger partial charge in [0.05, 0.1) is 26.4 Å². The minimum Gasteiger partial charge on any atom is -0.479 e. The molecule has 0 spiro atoms. The Hall–Kier alpha value is -3.85. The Balaban J connectivity index is 1.44. The summed E-state index contributed by atoms with van der Waals surface area (Å²) in [7, 11) is 0. The monoisotopic (exact) mass is 554 g/mol. The lowest BCUT2D eigenvalue weighted by molar-refractivity contribution is -0.322. The molecule has 1 aliphatic rings. The molecule has 5 rings (SSSR count). The molecule has 5 atom stereocenters. The lowest BCUT2D eigenvalue weighted by Crippen LogP contribution is -2.62. The third-order valence-electron chi connectivity index (χ3n) is 6.85. The van der Waals surface area contributed by atoms with Gasteiger partial charge in [0.1, 0.15) is 18.3 Å². The van der Waals surface area contributed by atoms with E-state index in [1.54, 1.807) is 0 Å². The number of ether oxygens (including phenoxy) is 5. The summed E-state index contributed by atoms with van der Waals surface area (Å²) in [5, 5.41) is 10.2. The average Bonchev–Trinajstić information content (AvgIpc) is 3.03. The zero-order chi connectivity index (χ0) is 28.3. The molecule has 212 valence electrons. The van der Waals surface area contributed by atoms with E-state index < -0.39 is 36.7 Å². The van der Waals surface area contributed by atoms with E-state index in [1.807, 2.05) is 121 Å². The fourth-order valence-electron chi connectivity index (χ4n) is 4.74. The van der Waals surface area contributed by atoms with Gasteiger partial charge in [0.25, 0.3) is 0 Å². The standard InChI is InChI=1S/C34H34O7/c35-33(36)31-29(37-21-25-13-5-1-6-14-25)30(38-22-26-15-7-2-8-16-26)32(39-23-27-17-9-3-10-18-27)34(41-31)40-24-28-19-11-4-12-20-28/h1-20,29-32,34H,21-24H2,(H,35,36)/t29-,30-,31-,32+,34-/m0/s1. The first-order valence-electron chi connectivity index (χ1n) is 13.7. The van der Waals surface area contributed by atoms with Crippen molar-refractivity contribution in [3.05, 3.63) is 144 Å². The van der Waals surface area contributed by atoms with Crippen LogP contribution in [0.15, 0.2) is 121 Å². The summed E-state index contributed by atoms with van der Waals surface area (Å²) in [6.07, 6.45) is -4.90. The highest BCUT2D eigenvalue weighted by Crippen LogP contribution is 2.32. The number of carboxylic acids is 1. The van der Waals surface area contributed by atoms with Gasteiger partial charge < -0.3 is 28.8 Å². The molecule has 0 amide bonds. The highest BCUT2D eigenvalue weighted by molar-refractivity contribution is 5.73. The first-order chi connectivity index (χ1) is 20.2. The molecule has 1 aliphatic heterocycles. The van der Waals surface area contributed by atoms with Crippen LogP contribution >= 0.6 is 0 Å². The Morgan fingerprint density at radius 2 is 0.854 bits per heavy atom. The molecular formula is C34H34O7. The van der Waals surface area contributed by atoms with Crippen molar-refractivity contribution < 1.29 is 33.6 Å². The van der Waals surface area contributed by atoms with Crippen LogP contribution in [0.4, 0.5) is 0 Å². The van der Waals surface area contributed by atoms with E-state index in [0.29, 0.717) is 0 Å². The van der Waals surface area contributed by atoms with Gasteiger partial charge in [-0.3, -0.25) is 0 Å². The van der Waals surface area contributed by atoms with E-state index >= 15 is 0 Å². The summed E-state index contributed by atoms with van der Waals surface area (Å²) in [5.74, 6) is -1.16. The summed E-state index contributed by atoms with van der Waals surface area (Å²) >= 11 is 0. The van der Waals surface area contributed by atoms with Crippen molar-refractivity contribution in [2.45, 2.75) is 57.1 Å². The highest BCUT2D eigenvalue weighted by atomic mass is 16.7. The maximum absolute atomic E-state index is 12.5. The minimum absolute atomic E-state index is 0.185. The summed E-state index contributed by atoms with van der Waals surface area (Å²) in [5.41, 5.74) is 3.73. The predicted molar refractivity (Wildman–Crippen MR) is 153 cm³/mol. The molecule has 1 heterocycles. The fourth-order valence-corrected chi connectivity index (χ4v) is 4.74. The molecule has 0 saturated carbocycles. The molecule has 4 aromatic carbocycles. The fraction of sp³-hybridized carbons (Fsp3) is 0.265. The summed E-state index contributed by atoms with van der Waals surface area (Å²) in [6, 6.07) is 38.7. The number of carbonyl (C=O) groups is 1. The second-order valence-corrected chi connectivity index (χ2v) is 9.84. The van der Waals surface area contributed by atoms with Crippen LogP contribution in [0.1, 0.15) is 22.3 Å². The number of benzene rings is 4. The Bertz CT molecular complexity index is 1320. The number of carboxylic acid groups (broad SMARTS) is 1. The first kappa shape index (κ1) is 28.7. The third kappa shape index (κ3) is 8.10. The molecule has 1 N–H and O–H groups in total. The Kier molecular flexibility index (Phi) is 10.3. The molecule has 0 bridgehead atoms. The van der Waals surface area contributed by atoms with Crippen LogP contribution in [0.2, 0.25) is 0 Å². The second kappa shape index (κ2) is 14.7. The van der Waals surface area contributed by atoms with Gasteiger partial charge in [0.2, 0.25) is 0 Å². The summed E-state index contributed by atoms with van der Waals surface area (Å²) < 4.78 is 31.5. The molecular weight excluding hydrogens is 520 g/mol. The van der Waals surface area contributed by atoms with Gasteiger partial charge in [0.15, 0.2) is 12.4 Å². The second-order valence-electron chi connectivity index (χ2n) is 9.84. The maximum Gasteiger partial charge on any atom is 0.335 e. The van der Waals surface area contributed by atoms with Crippen molar-refractivity contribution in [2.24, 2.45) is 0 Å². The van der Waals surface area contributed by atoms with Gasteiger partial charge in [-0.25, -0.2) is 4.79 Å². The molecule has 7 nitrogen and oxygen atoms in total. The number of rotatable bonds is 13. The zero-order valence-corrected chi connectivity index (χ0v) is 22.7. The van der Waals surface area contributed by atoms with Crippen LogP contribution in [0, 0.1) is 0 Å². The van der Waals surface area contributed by atoms with Crippen molar-refractivity contribution in [3.63, 3.8) is 0 Å². The topological polar surface area (TPSA) is 83.5 Å². The molecule has 1 saturated heterocycles. The maximum atomic E-state index is 12.5. The first-order valence-corrected chi connectivity index (χ1v) is 13.7. The molecule has 0 unspecified atom stereocenters. The highest BCUT2D eigenvalue weighted by Gasteiger charge is 2.51. The Labute approximate surface area is 240 Å². The Morgan fingerprint density at radius 1 is 0.512 bits per heavy atom. The van der Waals surface area contributed by atoms with Gasteiger partial charge >= 0.3 is 5.97 Å². The van der Waals surface area contributed by atoms with Crippen molar-refractivity contribution >= 4 is 5.97 Å². The van der Waals surface area contributed by atoms with E-state index in [4.69, 9.17) is 23.7 Å². The quantitative estimate of drug-likeness (QED) is 0.225. The van der Waals surface area contributed by atoms with Gasteiger partial charge in [-0.15, -0.1) is 0 Å². The third-order valence-corrected chi connectivity index (χ3v) is 6.85. The van der Waals surface area contributed by atoms with Crippen molar-refractivity contribution in [2.75, 3.05) is 0 Å². The van der Waals surface area contributed by atoms with Crippen LogP contribution in [0.25, 0.3) is 0 Å². The molecule has 0 aromatic heterocycles. The van der Waals surface area contributed by atoms with E-state index in [2.05, 4.69) is 0 Å². The van der Waals surface area contributed by atoms with Crippen molar-refractivity contribution in [1.82, 2.24) is 0 Å². The van der Waals surface area contributed by atoms with Gasteiger partial charge in [-0.1, -0.05) is 121 Å². The van der Waals surface area contributed by atoms with E-state index in [-0.39, 0.29) is 26.4 Å². The largest absolute Gasteiger partial charge is 0.479 e. The molecule has 0 radical (unpaired) electrons. The van der Waals surface area contributed by atoms with E-state index in [9.17, 15) is 9.90 Å². The minimum atomic E-state index is -1.34. The average molecular weight is 555 g/mol. The molecule has 1 fully saturated rings. The summed E-state index contributed by atoms with van der Waals surface area (Å²) in [6.45, 7) is 0.892. The van der Waals surface area contributed by atoms with Crippen LogP contribution in [-0.4, -0.2) is 41.8 Å². The van der Waals surface area contributed by atoms with Gasteiger partial charge in [-0.05, 0) is 22.3 Å². The van der Waals surface area contributed by atoms with Crippen molar-refractivity contribution in [3.8, 4) is 0 Å². The number of aliphatic carboxylic acids is 1. The molecule has 4 aromatic rings. The van der Waals surface area contributed by atoms with Crippen molar-refractivity contribution in [1.29, 1.82) is 0 Å². The molecule has 0 aliphatic carbocycles. The molecule has 41 heavy (non-hydrogen) atoms. The van der Waals surface area contributed by atoms with E-state index in [1.165, 1.54) is 0 Å². The lowest BCUT2D eigenvalue weighted by Gasteiger charge is -2.44. The summed E-state index contributed by atoms with van der Waals surface area (Å²) in [4.78, 5) is 12.5. The number of hydrogen-bond acceptors (Lipinski definition) is 6. The zero-order valence-electron chi connectivity index (χ0n) is 22.7. The van der Waals surface area contributed by atoms with Gasteiger partial charge in [0, 0.05) is 0 Å². The predicted octanol–water partition coefficient (Wildman–Crippen LogP) is 5.77. The lowest BCUT2D eigenvalue weighted by atomic mass is 9.97. The van der Waals surface area contributed by atoms with Crippen LogP contribution < -0.4 is 0 Å². The van der Waals surface area contributed by atoms with Gasteiger partial charge in [-0.2, -0.15) is 0 Å². The van der Waals surface area contributed by atoms with Crippen LogP contribution in [0.3, 0.4) is 0 Å². The Morgan fingerprint density at radius 3 is 1.24 bits per heavy atom. The smallest absolute Gasteiger partial charge is 0.335 e. The number of hydrogen-bond donors (Lipinski definition) is 1.